The van der Waals surface area contributed by atoms with Crippen LogP contribution in [0.1, 0.15) is 18.9 Å². The number of hydrogen-bond acceptors (Lipinski definition) is 3. The molecule has 0 saturated heterocycles. The van der Waals surface area contributed by atoms with Crippen LogP contribution < -0.4 is 5.32 Å². The molecule has 5 heteroatoms. The molecule has 24 heavy (non-hydrogen) atoms. The number of benzene rings is 2. The van der Waals surface area contributed by atoms with Crippen molar-refractivity contribution in [1.82, 2.24) is 5.32 Å². The first-order valence-corrected chi connectivity index (χ1v) is 8.94. The van der Waals surface area contributed by atoms with Crippen molar-refractivity contribution < 1.29 is 9.90 Å². The number of carbonyl (C=O) groups is 1. The summed E-state index contributed by atoms with van der Waals surface area (Å²) in [5.41, 5.74) is 0.962. The number of rotatable bonds is 7. The second kappa shape index (κ2) is 9.52. The predicted molar refractivity (Wildman–Crippen MR) is 100 cm³/mol. The third-order valence-electron chi connectivity index (χ3n) is 3.36. The molecule has 0 aromatic heterocycles. The van der Waals surface area contributed by atoms with Crippen LogP contribution in [0.4, 0.5) is 0 Å². The Balaban J connectivity index is 2.04. The van der Waals surface area contributed by atoms with Crippen molar-refractivity contribution in [2.24, 2.45) is 0 Å². The second-order valence-corrected chi connectivity index (χ2v) is 6.79. The van der Waals surface area contributed by atoms with Gasteiger partial charge in [0, 0.05) is 27.4 Å². The third kappa shape index (κ3) is 6.04. The first-order chi connectivity index (χ1) is 11.6. The average molecular weight is 362 g/mol. The van der Waals surface area contributed by atoms with Crippen LogP contribution in [0.3, 0.4) is 0 Å². The van der Waals surface area contributed by atoms with Crippen molar-refractivity contribution in [1.29, 1.82) is 0 Å². The predicted octanol–water partition coefficient (Wildman–Crippen LogP) is 4.39. The summed E-state index contributed by atoms with van der Waals surface area (Å²) < 4.78 is 0. The highest BCUT2D eigenvalue weighted by Crippen LogP contribution is 2.31. The molecule has 3 nitrogen and oxygen atoms in total. The van der Waals surface area contributed by atoms with Gasteiger partial charge in [0.25, 0.3) is 0 Å². The molecule has 1 atom stereocenters. The van der Waals surface area contributed by atoms with Gasteiger partial charge in [0.2, 0.25) is 5.91 Å². The molecule has 0 aliphatic rings. The minimum atomic E-state index is -0.505. The molecule has 1 amide bonds. The van der Waals surface area contributed by atoms with Gasteiger partial charge >= 0.3 is 0 Å². The van der Waals surface area contributed by atoms with E-state index in [0.29, 0.717) is 11.4 Å². The molecule has 2 N–H and O–H groups in total. The minimum absolute atomic E-state index is 0.214. The van der Waals surface area contributed by atoms with Crippen LogP contribution in [0.25, 0.3) is 6.08 Å². The van der Waals surface area contributed by atoms with Gasteiger partial charge in [-0.2, -0.15) is 0 Å². The van der Waals surface area contributed by atoms with Crippen LogP contribution in [0.15, 0.2) is 64.4 Å². The quantitative estimate of drug-likeness (QED) is 0.719. The molecule has 2 aromatic rings. The largest absolute Gasteiger partial charge is 0.391 e. The standard InChI is InChI=1S/C19H20ClNO2S/c1-2-16(22)13-21-19(23)12-7-14-5-3-4-6-18(14)24-17-10-8-15(20)9-11-17/h3-12,16,22H,2,13H2,1H3,(H,21,23)/b12-7+. The molecular weight excluding hydrogens is 342 g/mol. The normalized spacial score (nSPS) is 12.3. The van der Waals surface area contributed by atoms with Crippen LogP contribution in [0.2, 0.25) is 5.02 Å². The van der Waals surface area contributed by atoms with Gasteiger partial charge in [-0.05, 0) is 48.4 Å². The van der Waals surface area contributed by atoms with Crippen molar-refractivity contribution in [2.45, 2.75) is 29.2 Å². The van der Waals surface area contributed by atoms with Crippen LogP contribution >= 0.6 is 23.4 Å². The Kier molecular flexibility index (Phi) is 7.37. The third-order valence-corrected chi connectivity index (χ3v) is 4.71. The van der Waals surface area contributed by atoms with Gasteiger partial charge in [0.15, 0.2) is 0 Å². The molecule has 0 aliphatic heterocycles. The zero-order valence-corrected chi connectivity index (χ0v) is 15.0. The Morgan fingerprint density at radius 3 is 2.67 bits per heavy atom. The highest BCUT2D eigenvalue weighted by atomic mass is 35.5. The molecule has 0 heterocycles. The number of halogens is 1. The van der Waals surface area contributed by atoms with E-state index in [1.165, 1.54) is 6.08 Å². The zero-order valence-electron chi connectivity index (χ0n) is 13.4. The van der Waals surface area contributed by atoms with Crippen molar-refractivity contribution >= 4 is 35.3 Å². The first kappa shape index (κ1) is 18.6. The first-order valence-electron chi connectivity index (χ1n) is 7.75. The van der Waals surface area contributed by atoms with E-state index in [-0.39, 0.29) is 12.5 Å². The summed E-state index contributed by atoms with van der Waals surface area (Å²) >= 11 is 7.53. The summed E-state index contributed by atoms with van der Waals surface area (Å²) in [5.74, 6) is -0.214. The highest BCUT2D eigenvalue weighted by molar-refractivity contribution is 7.99. The SMILES string of the molecule is CCC(O)CNC(=O)/C=C/c1ccccc1Sc1ccc(Cl)cc1. The molecule has 0 aliphatic carbocycles. The smallest absolute Gasteiger partial charge is 0.244 e. The average Bonchev–Trinajstić information content (AvgIpc) is 2.60. The summed E-state index contributed by atoms with van der Waals surface area (Å²) in [6, 6.07) is 15.5. The highest BCUT2D eigenvalue weighted by Gasteiger charge is 2.04. The lowest BCUT2D eigenvalue weighted by Crippen LogP contribution is -2.30. The summed E-state index contributed by atoms with van der Waals surface area (Å²) in [6.45, 7) is 2.14. The molecule has 0 spiro atoms. The number of aliphatic hydroxyl groups excluding tert-OH is 1. The fourth-order valence-electron chi connectivity index (χ4n) is 1.93. The Morgan fingerprint density at radius 1 is 1.25 bits per heavy atom. The zero-order chi connectivity index (χ0) is 17.4. The monoisotopic (exact) mass is 361 g/mol. The van der Waals surface area contributed by atoms with Gasteiger partial charge in [-0.25, -0.2) is 0 Å². The summed E-state index contributed by atoms with van der Waals surface area (Å²) in [6.07, 6.45) is 3.38. The van der Waals surface area contributed by atoms with Gasteiger partial charge in [-0.15, -0.1) is 0 Å². The van der Waals surface area contributed by atoms with E-state index in [2.05, 4.69) is 5.32 Å². The maximum absolute atomic E-state index is 11.8. The molecular formula is C19H20ClNO2S. The van der Waals surface area contributed by atoms with E-state index in [9.17, 15) is 9.90 Å². The van der Waals surface area contributed by atoms with Gasteiger partial charge in [0.1, 0.15) is 0 Å². The molecule has 2 rings (SSSR count). The van der Waals surface area contributed by atoms with Crippen LogP contribution in [-0.4, -0.2) is 23.7 Å². The van der Waals surface area contributed by atoms with Gasteiger partial charge in [0.05, 0.1) is 6.10 Å². The summed E-state index contributed by atoms with van der Waals surface area (Å²) in [5, 5.41) is 12.9. The van der Waals surface area contributed by atoms with E-state index in [4.69, 9.17) is 11.6 Å². The molecule has 1 unspecified atom stereocenters. The number of carbonyl (C=O) groups excluding carboxylic acids is 1. The summed E-state index contributed by atoms with van der Waals surface area (Å²) in [7, 11) is 0. The van der Waals surface area contributed by atoms with Gasteiger partial charge in [-0.3, -0.25) is 4.79 Å². The number of aliphatic hydroxyl groups is 1. The van der Waals surface area contributed by atoms with E-state index in [0.717, 1.165) is 15.4 Å². The van der Waals surface area contributed by atoms with Crippen molar-refractivity contribution in [3.63, 3.8) is 0 Å². The van der Waals surface area contributed by atoms with Crippen molar-refractivity contribution in [3.05, 3.63) is 65.2 Å². The lowest BCUT2D eigenvalue weighted by atomic mass is 10.2. The van der Waals surface area contributed by atoms with Crippen LogP contribution in [0.5, 0.6) is 0 Å². The van der Waals surface area contributed by atoms with Crippen LogP contribution in [-0.2, 0) is 4.79 Å². The fourth-order valence-corrected chi connectivity index (χ4v) is 2.98. The van der Waals surface area contributed by atoms with Crippen molar-refractivity contribution in [2.75, 3.05) is 6.54 Å². The lowest BCUT2D eigenvalue weighted by Gasteiger charge is -2.08. The molecule has 0 bridgehead atoms. The molecule has 2 aromatic carbocycles. The molecule has 0 fully saturated rings. The number of hydrogen-bond donors (Lipinski definition) is 2. The molecule has 126 valence electrons. The Labute approximate surface area is 151 Å². The van der Waals surface area contributed by atoms with Crippen LogP contribution in [0, 0.1) is 0 Å². The second-order valence-electron chi connectivity index (χ2n) is 5.23. The van der Waals surface area contributed by atoms with E-state index < -0.39 is 6.10 Å². The lowest BCUT2D eigenvalue weighted by molar-refractivity contribution is -0.116. The van der Waals surface area contributed by atoms with Crippen molar-refractivity contribution in [3.8, 4) is 0 Å². The fraction of sp³-hybridized carbons (Fsp3) is 0.211. The van der Waals surface area contributed by atoms with E-state index in [1.807, 2.05) is 55.5 Å². The van der Waals surface area contributed by atoms with E-state index >= 15 is 0 Å². The number of nitrogens with one attached hydrogen (secondary N) is 1. The van der Waals surface area contributed by atoms with Gasteiger partial charge in [-0.1, -0.05) is 48.5 Å². The maximum Gasteiger partial charge on any atom is 0.244 e. The molecule has 0 saturated carbocycles. The maximum atomic E-state index is 11.8. The minimum Gasteiger partial charge on any atom is -0.391 e. The van der Waals surface area contributed by atoms with Gasteiger partial charge < -0.3 is 10.4 Å². The Bertz CT molecular complexity index is 701. The molecule has 0 radical (unpaired) electrons. The Morgan fingerprint density at radius 2 is 1.96 bits per heavy atom. The number of amides is 1. The topological polar surface area (TPSA) is 49.3 Å². The summed E-state index contributed by atoms with van der Waals surface area (Å²) in [4.78, 5) is 13.9. The Hall–Kier alpha value is -1.75. The van der Waals surface area contributed by atoms with E-state index in [1.54, 1.807) is 17.8 Å².